The van der Waals surface area contributed by atoms with E-state index >= 15 is 0 Å². The summed E-state index contributed by atoms with van der Waals surface area (Å²) in [6, 6.07) is 8.44. The Morgan fingerprint density at radius 2 is 1.72 bits per heavy atom. The maximum atomic E-state index is 13.1. The van der Waals surface area contributed by atoms with Crippen LogP contribution in [-0.2, 0) is 14.8 Å². The zero-order valence-electron chi connectivity index (χ0n) is 17.5. The lowest BCUT2D eigenvalue weighted by molar-refractivity contribution is -0.135. The van der Waals surface area contributed by atoms with Crippen molar-refractivity contribution in [2.24, 2.45) is 5.92 Å². The van der Waals surface area contributed by atoms with Gasteiger partial charge in [0.2, 0.25) is 21.8 Å². The Bertz CT molecular complexity index is 1180. The fraction of sp³-hybridized carbons (Fsp3) is 0.409. The number of sulfonamides is 1. The third kappa shape index (κ3) is 4.10. The van der Waals surface area contributed by atoms with Crippen molar-refractivity contribution in [2.45, 2.75) is 30.6 Å². The Hall–Kier alpha value is -2.56. The van der Waals surface area contributed by atoms with E-state index < -0.39 is 10.0 Å². The third-order valence-electron chi connectivity index (χ3n) is 6.17. The molecule has 0 bridgehead atoms. The van der Waals surface area contributed by atoms with Crippen LogP contribution in [0.4, 0.5) is 0 Å². The first-order valence-corrected chi connectivity index (χ1v) is 13.2. The SMILES string of the molecule is O=C(C1CCN(S(=O)(=O)c2ccc(-c3noc(-c4ccsc4)n3)cc2)CC1)N1CCCC1. The lowest BCUT2D eigenvalue weighted by Gasteiger charge is -2.32. The predicted octanol–water partition coefficient (Wildman–Crippen LogP) is 3.49. The number of rotatable bonds is 5. The van der Waals surface area contributed by atoms with Crippen LogP contribution >= 0.6 is 11.3 Å². The van der Waals surface area contributed by atoms with Gasteiger partial charge in [-0.3, -0.25) is 4.79 Å². The molecule has 2 aliphatic heterocycles. The van der Waals surface area contributed by atoms with Crippen molar-refractivity contribution in [1.82, 2.24) is 19.3 Å². The summed E-state index contributed by atoms with van der Waals surface area (Å²) in [6.45, 7) is 2.39. The minimum atomic E-state index is -3.61. The number of piperidine rings is 1. The molecule has 0 aliphatic carbocycles. The summed E-state index contributed by atoms with van der Waals surface area (Å²) in [5.74, 6) is 0.962. The fourth-order valence-electron chi connectivity index (χ4n) is 4.31. The van der Waals surface area contributed by atoms with Crippen LogP contribution in [0.2, 0.25) is 0 Å². The molecule has 2 fully saturated rings. The first-order chi connectivity index (χ1) is 15.5. The van der Waals surface area contributed by atoms with Gasteiger partial charge in [0.25, 0.3) is 5.89 Å². The molecule has 10 heteroatoms. The van der Waals surface area contributed by atoms with Crippen LogP contribution in [0.5, 0.6) is 0 Å². The van der Waals surface area contributed by atoms with Crippen molar-refractivity contribution >= 4 is 27.3 Å². The van der Waals surface area contributed by atoms with Crippen LogP contribution in [0.25, 0.3) is 22.8 Å². The summed E-state index contributed by atoms with van der Waals surface area (Å²) in [7, 11) is -3.61. The van der Waals surface area contributed by atoms with Gasteiger partial charge in [0.05, 0.1) is 10.5 Å². The zero-order chi connectivity index (χ0) is 22.1. The van der Waals surface area contributed by atoms with Crippen molar-refractivity contribution in [1.29, 1.82) is 0 Å². The lowest BCUT2D eigenvalue weighted by atomic mass is 9.97. The van der Waals surface area contributed by atoms with Gasteiger partial charge < -0.3 is 9.42 Å². The van der Waals surface area contributed by atoms with Crippen molar-refractivity contribution in [3.05, 3.63) is 41.1 Å². The smallest absolute Gasteiger partial charge is 0.259 e. The Morgan fingerprint density at radius 3 is 2.38 bits per heavy atom. The molecule has 0 radical (unpaired) electrons. The largest absolute Gasteiger partial charge is 0.342 e. The average Bonchev–Trinajstić information content (AvgIpc) is 3.61. The molecule has 2 aromatic heterocycles. The van der Waals surface area contributed by atoms with E-state index in [1.807, 2.05) is 21.7 Å². The van der Waals surface area contributed by atoms with E-state index in [-0.39, 0.29) is 16.7 Å². The van der Waals surface area contributed by atoms with Crippen LogP contribution < -0.4 is 0 Å². The highest BCUT2D eigenvalue weighted by molar-refractivity contribution is 7.89. The van der Waals surface area contributed by atoms with Gasteiger partial charge in [-0.1, -0.05) is 5.16 Å². The predicted molar refractivity (Wildman–Crippen MR) is 120 cm³/mol. The molecule has 2 saturated heterocycles. The number of amides is 1. The molecule has 1 amide bonds. The molecule has 1 aromatic carbocycles. The second-order valence-electron chi connectivity index (χ2n) is 8.17. The zero-order valence-corrected chi connectivity index (χ0v) is 19.1. The number of benzene rings is 1. The number of carbonyl (C=O) groups excluding carboxylic acids is 1. The van der Waals surface area contributed by atoms with Crippen LogP contribution in [0, 0.1) is 5.92 Å². The maximum absolute atomic E-state index is 13.1. The van der Waals surface area contributed by atoms with E-state index in [1.54, 1.807) is 35.6 Å². The van der Waals surface area contributed by atoms with Gasteiger partial charge in [0.15, 0.2) is 0 Å². The molecule has 5 rings (SSSR count). The average molecular weight is 473 g/mol. The van der Waals surface area contributed by atoms with Crippen molar-refractivity contribution in [3.8, 4) is 22.8 Å². The van der Waals surface area contributed by atoms with Crippen LogP contribution in [0.3, 0.4) is 0 Å². The molecule has 8 nitrogen and oxygen atoms in total. The van der Waals surface area contributed by atoms with E-state index in [0.717, 1.165) is 31.5 Å². The van der Waals surface area contributed by atoms with Gasteiger partial charge in [0.1, 0.15) is 0 Å². The van der Waals surface area contributed by atoms with Crippen molar-refractivity contribution < 1.29 is 17.7 Å². The summed E-state index contributed by atoms with van der Waals surface area (Å²) < 4.78 is 33.0. The van der Waals surface area contributed by atoms with Gasteiger partial charge in [-0.05, 0) is 61.4 Å². The number of aromatic nitrogens is 2. The quantitative estimate of drug-likeness (QED) is 0.564. The minimum absolute atomic E-state index is 0.0717. The van der Waals surface area contributed by atoms with E-state index in [4.69, 9.17) is 4.52 Å². The number of thiophene rings is 1. The maximum Gasteiger partial charge on any atom is 0.259 e. The fourth-order valence-corrected chi connectivity index (χ4v) is 6.41. The summed E-state index contributed by atoms with van der Waals surface area (Å²) >= 11 is 1.55. The second-order valence-corrected chi connectivity index (χ2v) is 10.9. The van der Waals surface area contributed by atoms with Gasteiger partial charge in [-0.2, -0.15) is 20.6 Å². The van der Waals surface area contributed by atoms with Crippen molar-refractivity contribution in [3.63, 3.8) is 0 Å². The molecule has 0 saturated carbocycles. The highest BCUT2D eigenvalue weighted by atomic mass is 32.2. The summed E-state index contributed by atoms with van der Waals surface area (Å²) in [6.07, 6.45) is 3.27. The number of likely N-dealkylation sites (tertiary alicyclic amines) is 1. The minimum Gasteiger partial charge on any atom is -0.342 e. The van der Waals surface area contributed by atoms with Crippen LogP contribution in [0.1, 0.15) is 25.7 Å². The molecule has 168 valence electrons. The molecule has 0 spiro atoms. The van der Waals surface area contributed by atoms with Gasteiger partial charge in [-0.25, -0.2) is 8.42 Å². The summed E-state index contributed by atoms with van der Waals surface area (Å²) in [5, 5.41) is 7.86. The highest BCUT2D eigenvalue weighted by Crippen LogP contribution is 2.28. The number of hydrogen-bond acceptors (Lipinski definition) is 7. The Balaban J connectivity index is 1.25. The number of hydrogen-bond donors (Lipinski definition) is 0. The van der Waals surface area contributed by atoms with Gasteiger partial charge in [0, 0.05) is 43.0 Å². The van der Waals surface area contributed by atoms with Gasteiger partial charge >= 0.3 is 0 Å². The Morgan fingerprint density at radius 1 is 1.00 bits per heavy atom. The second kappa shape index (κ2) is 8.76. The van der Waals surface area contributed by atoms with E-state index in [2.05, 4.69) is 10.1 Å². The van der Waals surface area contributed by atoms with Crippen LogP contribution in [0.15, 0.2) is 50.5 Å². The number of nitrogens with zero attached hydrogens (tertiary/aromatic N) is 4. The topological polar surface area (TPSA) is 96.6 Å². The third-order valence-corrected chi connectivity index (χ3v) is 8.76. The molecule has 0 unspecified atom stereocenters. The highest BCUT2D eigenvalue weighted by Gasteiger charge is 2.34. The van der Waals surface area contributed by atoms with Crippen molar-refractivity contribution in [2.75, 3.05) is 26.2 Å². The molecular weight excluding hydrogens is 448 g/mol. The molecular formula is C22H24N4O4S2. The number of carbonyl (C=O) groups is 1. The first-order valence-electron chi connectivity index (χ1n) is 10.8. The Labute approximate surface area is 190 Å². The van der Waals surface area contributed by atoms with Crippen LogP contribution in [-0.4, -0.2) is 59.8 Å². The Kier molecular flexibility index (Phi) is 5.83. The normalized spacial score (nSPS) is 18.3. The molecule has 3 aromatic rings. The van der Waals surface area contributed by atoms with E-state index in [9.17, 15) is 13.2 Å². The van der Waals surface area contributed by atoms with E-state index in [1.165, 1.54) is 4.31 Å². The molecule has 32 heavy (non-hydrogen) atoms. The van der Waals surface area contributed by atoms with Gasteiger partial charge in [-0.15, -0.1) is 0 Å². The molecule has 2 aliphatic rings. The standard InChI is InChI=1S/C22H24N4O4S2/c27-22(25-10-1-2-11-25)17-7-12-26(13-8-17)32(28,29)19-5-3-16(4-6-19)20-23-21(30-24-20)18-9-14-31-15-18/h3-6,9,14-15,17H,1-2,7-8,10-13H2. The molecule has 0 N–H and O–H groups in total. The monoisotopic (exact) mass is 472 g/mol. The molecule has 0 atom stereocenters. The lowest BCUT2D eigenvalue weighted by Crippen LogP contribution is -2.43. The van der Waals surface area contributed by atoms with E-state index in [0.29, 0.717) is 43.2 Å². The first kappa shape index (κ1) is 21.3. The summed E-state index contributed by atoms with van der Waals surface area (Å²) in [4.78, 5) is 19.2. The molecule has 4 heterocycles. The summed E-state index contributed by atoms with van der Waals surface area (Å²) in [5.41, 5.74) is 1.55.